The zero-order chi connectivity index (χ0) is 11.2. The second kappa shape index (κ2) is 9.38. The average molecular weight is 272 g/mol. The van der Waals surface area contributed by atoms with Gasteiger partial charge in [0.25, 0.3) is 0 Å². The Morgan fingerprint density at radius 2 is 1.67 bits per heavy atom. The summed E-state index contributed by atoms with van der Waals surface area (Å²) in [5, 5.41) is 0. The molecule has 0 fully saturated rings. The Morgan fingerprint density at radius 1 is 1.13 bits per heavy atom. The molecular formula is C7H12F3KO3S. The number of hydrogen-bond acceptors (Lipinski definition) is 3. The Bertz CT molecular complexity index is 248. The van der Waals surface area contributed by atoms with Gasteiger partial charge in [-0.05, 0) is 19.3 Å². The van der Waals surface area contributed by atoms with Crippen LogP contribution >= 0.6 is 0 Å². The summed E-state index contributed by atoms with van der Waals surface area (Å²) in [5.74, 6) is -1.36. The summed E-state index contributed by atoms with van der Waals surface area (Å²) < 4.78 is 67.1. The number of halogens is 3. The molecule has 0 aromatic carbocycles. The smallest absolute Gasteiger partial charge is 0.748 e. The summed E-state index contributed by atoms with van der Waals surface area (Å²) in [4.78, 5) is 0. The maximum absolute atomic E-state index is 12.7. The van der Waals surface area contributed by atoms with E-state index in [0.29, 0.717) is 0 Å². The Balaban J connectivity index is 0. The molecule has 3 nitrogen and oxygen atoms in total. The first-order chi connectivity index (χ1) is 6.37. The van der Waals surface area contributed by atoms with E-state index in [4.69, 9.17) is 0 Å². The summed E-state index contributed by atoms with van der Waals surface area (Å²) in [7, 11) is -4.74. The van der Waals surface area contributed by atoms with Crippen LogP contribution in [0.3, 0.4) is 0 Å². The molecule has 0 aliphatic heterocycles. The van der Waals surface area contributed by atoms with Crippen molar-refractivity contribution in [2.45, 2.75) is 31.6 Å². The fourth-order valence-electron chi connectivity index (χ4n) is 0.914. The molecule has 0 amide bonds. The van der Waals surface area contributed by atoms with Crippen LogP contribution in [0.15, 0.2) is 0 Å². The molecule has 15 heavy (non-hydrogen) atoms. The second-order valence-corrected chi connectivity index (χ2v) is 4.39. The molecule has 0 radical (unpaired) electrons. The summed E-state index contributed by atoms with van der Waals surface area (Å²) in [5.41, 5.74) is 0. The zero-order valence-electron chi connectivity index (χ0n) is 8.46. The van der Waals surface area contributed by atoms with Gasteiger partial charge in [-0.3, -0.25) is 4.39 Å². The molecule has 2 unspecified atom stereocenters. The summed E-state index contributed by atoms with van der Waals surface area (Å²) in [6.45, 7) is -0.622. The van der Waals surface area contributed by atoms with Crippen molar-refractivity contribution in [1.82, 2.24) is 0 Å². The summed E-state index contributed by atoms with van der Waals surface area (Å²) >= 11 is 0. The average Bonchev–Trinajstić information content (AvgIpc) is 2.01. The number of rotatable bonds is 7. The molecule has 0 aliphatic rings. The van der Waals surface area contributed by atoms with Crippen molar-refractivity contribution in [3.63, 3.8) is 0 Å². The van der Waals surface area contributed by atoms with E-state index in [1.54, 1.807) is 0 Å². The fraction of sp³-hybridized carbons (Fsp3) is 1.00. The minimum Gasteiger partial charge on any atom is -0.748 e. The molecule has 0 N–H and O–H groups in total. The molecule has 0 rings (SSSR count). The van der Waals surface area contributed by atoms with Gasteiger partial charge >= 0.3 is 51.4 Å². The van der Waals surface area contributed by atoms with Gasteiger partial charge < -0.3 is 4.55 Å². The molecule has 0 spiro atoms. The predicted octanol–water partition coefficient (Wildman–Crippen LogP) is -1.65. The Labute approximate surface area is 130 Å². The fourth-order valence-corrected chi connectivity index (χ4v) is 1.51. The van der Waals surface area contributed by atoms with Crippen LogP contribution in [0.1, 0.15) is 19.3 Å². The van der Waals surface area contributed by atoms with E-state index in [-0.39, 0.29) is 70.6 Å². The van der Waals surface area contributed by atoms with Gasteiger partial charge in [0.1, 0.15) is 12.3 Å². The van der Waals surface area contributed by atoms with Gasteiger partial charge in [-0.2, -0.15) is 0 Å². The maximum atomic E-state index is 12.7. The van der Waals surface area contributed by atoms with Gasteiger partial charge in [0.2, 0.25) is 0 Å². The van der Waals surface area contributed by atoms with Crippen LogP contribution in [-0.2, 0) is 10.1 Å². The van der Waals surface area contributed by atoms with Gasteiger partial charge in [0.05, 0.1) is 22.5 Å². The van der Waals surface area contributed by atoms with Crippen LogP contribution in [0.5, 0.6) is 0 Å². The standard InChI is InChI=1S/C7H13F3O3S.K/c8-4-2-1-3-6(9)7(10)5-14(11,12)13;/h6-7H,1-5H2,(H,11,12,13);/q;+1/p-1. The molecule has 0 saturated carbocycles. The van der Waals surface area contributed by atoms with E-state index in [2.05, 4.69) is 0 Å². The van der Waals surface area contributed by atoms with Crippen LogP contribution in [0.25, 0.3) is 0 Å². The van der Waals surface area contributed by atoms with Crippen molar-refractivity contribution < 1.29 is 77.5 Å². The SMILES string of the molecule is O=S(=O)([O-])CC(F)C(F)CCCCF.[K+]. The molecule has 0 saturated heterocycles. The molecular weight excluding hydrogens is 260 g/mol. The molecule has 0 bridgehead atoms. The Kier molecular flexibility index (Phi) is 11.7. The minimum absolute atomic E-state index is 0. The van der Waals surface area contributed by atoms with Crippen molar-refractivity contribution in [2.24, 2.45) is 0 Å². The third-order valence-electron chi connectivity index (χ3n) is 1.62. The molecule has 0 aromatic rings. The van der Waals surface area contributed by atoms with Gasteiger partial charge in [-0.15, -0.1) is 0 Å². The quantitative estimate of drug-likeness (QED) is 0.317. The number of hydrogen-bond donors (Lipinski definition) is 0. The van der Waals surface area contributed by atoms with Crippen LogP contribution in [0.2, 0.25) is 0 Å². The van der Waals surface area contributed by atoms with Crippen LogP contribution < -0.4 is 51.4 Å². The minimum atomic E-state index is -4.74. The molecule has 86 valence electrons. The molecule has 8 heteroatoms. The van der Waals surface area contributed by atoms with Crippen molar-refractivity contribution >= 4 is 10.1 Å². The first-order valence-corrected chi connectivity index (χ1v) is 5.72. The molecule has 0 aliphatic carbocycles. The maximum Gasteiger partial charge on any atom is 1.00 e. The van der Waals surface area contributed by atoms with Gasteiger partial charge in [0.15, 0.2) is 0 Å². The Morgan fingerprint density at radius 3 is 2.07 bits per heavy atom. The third kappa shape index (κ3) is 11.6. The van der Waals surface area contributed by atoms with E-state index < -0.39 is 34.9 Å². The summed E-state index contributed by atoms with van der Waals surface area (Å²) in [6.07, 6.45) is -4.34. The van der Waals surface area contributed by atoms with Gasteiger partial charge in [-0.25, -0.2) is 17.2 Å². The normalized spacial score (nSPS) is 15.5. The molecule has 0 aromatic heterocycles. The van der Waals surface area contributed by atoms with Crippen molar-refractivity contribution in [3.8, 4) is 0 Å². The first-order valence-electron chi connectivity index (χ1n) is 4.14. The van der Waals surface area contributed by atoms with E-state index >= 15 is 0 Å². The van der Waals surface area contributed by atoms with E-state index in [9.17, 15) is 26.1 Å². The zero-order valence-corrected chi connectivity index (χ0v) is 12.4. The van der Waals surface area contributed by atoms with Crippen LogP contribution in [0, 0.1) is 0 Å². The number of alkyl halides is 3. The third-order valence-corrected chi connectivity index (χ3v) is 2.35. The van der Waals surface area contributed by atoms with Crippen LogP contribution in [-0.4, -0.2) is 37.7 Å². The topological polar surface area (TPSA) is 57.2 Å². The summed E-state index contributed by atoms with van der Waals surface area (Å²) in [6, 6.07) is 0. The second-order valence-electron chi connectivity index (χ2n) is 2.94. The van der Waals surface area contributed by atoms with Crippen molar-refractivity contribution in [1.29, 1.82) is 0 Å². The molecule has 0 heterocycles. The van der Waals surface area contributed by atoms with Gasteiger partial charge in [0, 0.05) is 0 Å². The predicted molar refractivity (Wildman–Crippen MR) is 44.2 cm³/mol. The first kappa shape index (κ1) is 18.7. The largest absolute Gasteiger partial charge is 1.00 e. The van der Waals surface area contributed by atoms with Crippen molar-refractivity contribution in [3.05, 3.63) is 0 Å². The van der Waals surface area contributed by atoms with Crippen LogP contribution in [0.4, 0.5) is 13.2 Å². The van der Waals surface area contributed by atoms with E-state index in [1.807, 2.05) is 0 Å². The van der Waals surface area contributed by atoms with Gasteiger partial charge in [-0.1, -0.05) is 0 Å². The van der Waals surface area contributed by atoms with E-state index in [0.717, 1.165) is 0 Å². The number of unbranched alkanes of at least 4 members (excludes halogenated alkanes) is 1. The molecule has 2 atom stereocenters. The monoisotopic (exact) mass is 272 g/mol. The van der Waals surface area contributed by atoms with E-state index in [1.165, 1.54) is 0 Å². The Hall–Kier alpha value is 1.34. The van der Waals surface area contributed by atoms with Crippen molar-refractivity contribution in [2.75, 3.05) is 12.4 Å².